The zero-order valence-corrected chi connectivity index (χ0v) is 17.5. The molecule has 0 aliphatic carbocycles. The lowest BCUT2D eigenvalue weighted by molar-refractivity contribution is -0.121. The number of carbonyl (C=O) groups excluding carboxylic acids is 2. The molecule has 2 fully saturated rings. The van der Waals surface area contributed by atoms with E-state index in [0.717, 1.165) is 5.56 Å². The van der Waals surface area contributed by atoms with E-state index in [1.807, 2.05) is 6.92 Å². The molecule has 2 saturated heterocycles. The minimum absolute atomic E-state index is 0.0313. The quantitative estimate of drug-likeness (QED) is 0.545. The number of amides is 2. The summed E-state index contributed by atoms with van der Waals surface area (Å²) in [6.07, 6.45) is 2.23. The molecule has 27 heavy (non-hydrogen) atoms. The van der Waals surface area contributed by atoms with Crippen molar-refractivity contribution in [3.63, 3.8) is 0 Å². The summed E-state index contributed by atoms with van der Waals surface area (Å²) in [5.41, 5.74) is 1.30. The first-order valence-corrected chi connectivity index (χ1v) is 11.6. The van der Waals surface area contributed by atoms with E-state index in [9.17, 15) is 18.0 Å². The Morgan fingerprint density at radius 2 is 2.04 bits per heavy atom. The maximum absolute atomic E-state index is 12.8. The summed E-state index contributed by atoms with van der Waals surface area (Å²) in [6.45, 7) is 2.31. The Kier molecular flexibility index (Phi) is 5.73. The van der Waals surface area contributed by atoms with Gasteiger partial charge in [0.1, 0.15) is 4.32 Å². The smallest absolute Gasteiger partial charge is 0.265 e. The third kappa shape index (κ3) is 4.25. The lowest BCUT2D eigenvalue weighted by Gasteiger charge is -2.27. The van der Waals surface area contributed by atoms with Gasteiger partial charge < -0.3 is 4.90 Å². The van der Waals surface area contributed by atoms with Gasteiger partial charge in [-0.25, -0.2) is 8.42 Å². The number of sulfone groups is 1. The molecule has 2 amide bonds. The van der Waals surface area contributed by atoms with Crippen molar-refractivity contribution >= 4 is 56.0 Å². The van der Waals surface area contributed by atoms with Crippen molar-refractivity contribution < 1.29 is 18.0 Å². The van der Waals surface area contributed by atoms with Crippen LogP contribution in [-0.4, -0.2) is 65.5 Å². The highest BCUT2D eigenvalue weighted by Gasteiger charge is 2.34. The fourth-order valence-corrected chi connectivity index (χ4v) is 6.08. The lowest BCUT2D eigenvalue weighted by atomic mass is 10.1. The fraction of sp³-hybridized carbons (Fsp3) is 0.389. The van der Waals surface area contributed by atoms with Crippen LogP contribution in [0.15, 0.2) is 29.2 Å². The molecule has 0 bridgehead atoms. The Balaban J connectivity index is 1.76. The van der Waals surface area contributed by atoms with Gasteiger partial charge in [-0.3, -0.25) is 14.5 Å². The minimum atomic E-state index is -3.05. The van der Waals surface area contributed by atoms with E-state index in [4.69, 9.17) is 12.2 Å². The molecule has 1 unspecified atom stereocenters. The average molecular weight is 425 g/mol. The highest BCUT2D eigenvalue weighted by molar-refractivity contribution is 8.26. The van der Waals surface area contributed by atoms with E-state index in [1.165, 1.54) is 16.7 Å². The Morgan fingerprint density at radius 3 is 2.52 bits per heavy atom. The number of thioether (sulfide) groups is 1. The van der Waals surface area contributed by atoms with Gasteiger partial charge >= 0.3 is 0 Å². The van der Waals surface area contributed by atoms with Crippen LogP contribution in [0.1, 0.15) is 29.3 Å². The Labute approximate surface area is 168 Å². The second-order valence-corrected chi connectivity index (χ2v) is 10.4. The second-order valence-electron chi connectivity index (χ2n) is 6.51. The van der Waals surface area contributed by atoms with Crippen molar-refractivity contribution in [2.45, 2.75) is 19.4 Å². The van der Waals surface area contributed by atoms with Gasteiger partial charge in [-0.1, -0.05) is 36.1 Å². The molecule has 0 radical (unpaired) electrons. The van der Waals surface area contributed by atoms with E-state index < -0.39 is 9.84 Å². The lowest BCUT2D eigenvalue weighted by Crippen LogP contribution is -2.40. The molecule has 0 aromatic heterocycles. The molecular formula is C18H20N2O4S3. The van der Waals surface area contributed by atoms with Crippen molar-refractivity contribution in [3.8, 4) is 0 Å². The average Bonchev–Trinajstić information content (AvgIpc) is 3.10. The van der Waals surface area contributed by atoms with E-state index in [1.54, 1.807) is 42.3 Å². The molecule has 1 aromatic rings. The molecule has 3 rings (SSSR count). The van der Waals surface area contributed by atoms with Gasteiger partial charge in [0.05, 0.1) is 16.4 Å². The van der Waals surface area contributed by atoms with Crippen LogP contribution in [0.25, 0.3) is 6.08 Å². The molecule has 2 heterocycles. The molecule has 0 N–H and O–H groups in total. The number of hydrogen-bond donors (Lipinski definition) is 0. The molecule has 2 aliphatic heterocycles. The minimum Gasteiger partial charge on any atom is -0.335 e. The molecule has 0 spiro atoms. The van der Waals surface area contributed by atoms with Gasteiger partial charge in [0.2, 0.25) is 0 Å². The molecule has 0 saturated carbocycles. The molecule has 1 atom stereocenters. The van der Waals surface area contributed by atoms with Gasteiger partial charge in [-0.2, -0.15) is 0 Å². The second kappa shape index (κ2) is 7.73. The van der Waals surface area contributed by atoms with Crippen LogP contribution in [0.4, 0.5) is 0 Å². The topological polar surface area (TPSA) is 74.8 Å². The summed E-state index contributed by atoms with van der Waals surface area (Å²) in [5, 5.41) is 0. The zero-order valence-electron chi connectivity index (χ0n) is 15.0. The maximum atomic E-state index is 12.8. The van der Waals surface area contributed by atoms with E-state index in [-0.39, 0.29) is 29.4 Å². The Hall–Kier alpha value is -1.71. The van der Waals surface area contributed by atoms with Gasteiger partial charge in [0.25, 0.3) is 11.8 Å². The first-order valence-electron chi connectivity index (χ1n) is 8.55. The number of likely N-dealkylation sites (N-methyl/N-ethyl adjacent to an activating group) is 1. The van der Waals surface area contributed by atoms with Gasteiger partial charge in [-0.15, -0.1) is 0 Å². The standard InChI is InChI=1S/C18H20N2O4S3/c1-3-20(14-8-9-27(23,24)11-14)16(21)13-6-4-12(5-7-13)10-15-17(22)19(2)18(25)26-15/h4-7,10,14H,3,8-9,11H2,1-2H3/b15-10+. The number of rotatable bonds is 4. The summed E-state index contributed by atoms with van der Waals surface area (Å²) in [5.74, 6) is -0.143. The highest BCUT2D eigenvalue weighted by Crippen LogP contribution is 2.31. The zero-order chi connectivity index (χ0) is 19.8. The maximum Gasteiger partial charge on any atom is 0.265 e. The van der Waals surface area contributed by atoms with Crippen LogP contribution in [0.3, 0.4) is 0 Å². The number of hydrogen-bond acceptors (Lipinski definition) is 6. The number of carbonyl (C=O) groups is 2. The van der Waals surface area contributed by atoms with Gasteiger partial charge in [-0.05, 0) is 37.1 Å². The molecule has 9 heteroatoms. The summed E-state index contributed by atoms with van der Waals surface area (Å²) >= 11 is 6.36. The number of benzene rings is 1. The third-order valence-electron chi connectivity index (χ3n) is 4.69. The Bertz CT molecular complexity index is 922. The molecule has 6 nitrogen and oxygen atoms in total. The van der Waals surface area contributed by atoms with E-state index in [0.29, 0.717) is 27.8 Å². The fourth-order valence-electron chi connectivity index (χ4n) is 3.17. The highest BCUT2D eigenvalue weighted by atomic mass is 32.2. The Morgan fingerprint density at radius 1 is 1.37 bits per heavy atom. The monoisotopic (exact) mass is 424 g/mol. The summed E-state index contributed by atoms with van der Waals surface area (Å²) in [6, 6.07) is 6.68. The van der Waals surface area contributed by atoms with Crippen molar-refractivity contribution in [1.82, 2.24) is 9.80 Å². The first kappa shape index (κ1) is 20.0. The van der Waals surface area contributed by atoms with Crippen LogP contribution in [0.2, 0.25) is 0 Å². The SMILES string of the molecule is CCN(C(=O)c1ccc(/C=C2/SC(=S)N(C)C2=O)cc1)C1CCS(=O)(=O)C1. The summed E-state index contributed by atoms with van der Waals surface area (Å²) in [4.78, 5) is 28.5. The molecule has 1 aromatic carbocycles. The predicted octanol–water partition coefficient (Wildman–Crippen LogP) is 2.17. The normalized spacial score (nSPS) is 23.3. The van der Waals surface area contributed by atoms with Gasteiger partial charge in [0.15, 0.2) is 9.84 Å². The van der Waals surface area contributed by atoms with E-state index >= 15 is 0 Å². The van der Waals surface area contributed by atoms with Crippen molar-refractivity contribution in [1.29, 1.82) is 0 Å². The first-order chi connectivity index (χ1) is 12.7. The van der Waals surface area contributed by atoms with Crippen molar-refractivity contribution in [2.75, 3.05) is 25.1 Å². The van der Waals surface area contributed by atoms with Crippen LogP contribution in [-0.2, 0) is 14.6 Å². The van der Waals surface area contributed by atoms with Crippen LogP contribution in [0.5, 0.6) is 0 Å². The van der Waals surface area contributed by atoms with E-state index in [2.05, 4.69) is 0 Å². The summed E-state index contributed by atoms with van der Waals surface area (Å²) in [7, 11) is -1.41. The predicted molar refractivity (Wildman–Crippen MR) is 111 cm³/mol. The number of thiocarbonyl (C=S) groups is 1. The van der Waals surface area contributed by atoms with Crippen molar-refractivity contribution in [2.24, 2.45) is 0 Å². The number of nitrogens with zero attached hydrogens (tertiary/aromatic N) is 2. The largest absolute Gasteiger partial charge is 0.335 e. The molecule has 2 aliphatic rings. The van der Waals surface area contributed by atoms with Crippen molar-refractivity contribution in [3.05, 3.63) is 40.3 Å². The van der Waals surface area contributed by atoms with Crippen LogP contribution < -0.4 is 0 Å². The van der Waals surface area contributed by atoms with Crippen LogP contribution in [0, 0.1) is 0 Å². The molecule has 144 valence electrons. The third-order valence-corrected chi connectivity index (χ3v) is 7.93. The van der Waals surface area contributed by atoms with Crippen LogP contribution >= 0.6 is 24.0 Å². The summed E-state index contributed by atoms with van der Waals surface area (Å²) < 4.78 is 23.9. The van der Waals surface area contributed by atoms with Gasteiger partial charge in [0, 0.05) is 25.2 Å². The molecular weight excluding hydrogens is 404 g/mol.